The van der Waals surface area contributed by atoms with Gasteiger partial charge in [-0.15, -0.1) is 0 Å². The zero-order valence-corrected chi connectivity index (χ0v) is 12.2. The van der Waals surface area contributed by atoms with Crippen molar-refractivity contribution < 1.29 is 14.6 Å². The lowest BCUT2D eigenvalue weighted by atomic mass is 10.1. The van der Waals surface area contributed by atoms with Gasteiger partial charge >= 0.3 is 0 Å². The molecular weight excluding hydrogens is 256 g/mol. The van der Waals surface area contributed by atoms with Gasteiger partial charge in [0.05, 0.1) is 13.2 Å². The molecule has 2 rings (SSSR count). The Labute approximate surface area is 120 Å². The molecule has 0 saturated carbocycles. The van der Waals surface area contributed by atoms with Crippen LogP contribution in [0.1, 0.15) is 24.5 Å². The second-order valence-corrected chi connectivity index (χ2v) is 5.28. The van der Waals surface area contributed by atoms with E-state index in [1.165, 1.54) is 0 Å². The summed E-state index contributed by atoms with van der Waals surface area (Å²) < 4.78 is 11.4. The molecule has 1 heterocycles. The molecule has 0 aromatic heterocycles. The van der Waals surface area contributed by atoms with Gasteiger partial charge in [0.1, 0.15) is 6.10 Å². The van der Waals surface area contributed by atoms with Crippen LogP contribution < -0.4 is 15.2 Å². The second kappa shape index (κ2) is 6.92. The standard InChI is InChI=1S/C15H24N2O3/c1-17-7-5-12(6-8-17)20-14-4-3-11(13(18)10-16)9-15(14)19-2/h3-4,9,12-13,18H,5-8,10,16H2,1-2H3. The smallest absolute Gasteiger partial charge is 0.161 e. The number of benzene rings is 1. The number of nitrogens with two attached hydrogens (primary N) is 1. The average Bonchev–Trinajstić information content (AvgIpc) is 2.49. The number of nitrogens with zero attached hydrogens (tertiary/aromatic N) is 1. The van der Waals surface area contributed by atoms with Crippen LogP contribution in [0.5, 0.6) is 11.5 Å². The van der Waals surface area contributed by atoms with Crippen molar-refractivity contribution in [1.82, 2.24) is 4.90 Å². The Balaban J connectivity index is 2.07. The summed E-state index contributed by atoms with van der Waals surface area (Å²) in [7, 11) is 3.73. The molecule has 0 bridgehead atoms. The van der Waals surface area contributed by atoms with Crippen molar-refractivity contribution in [2.45, 2.75) is 25.0 Å². The topological polar surface area (TPSA) is 68.0 Å². The van der Waals surface area contributed by atoms with Gasteiger partial charge in [-0.1, -0.05) is 6.07 Å². The first-order chi connectivity index (χ1) is 9.63. The second-order valence-electron chi connectivity index (χ2n) is 5.28. The van der Waals surface area contributed by atoms with Gasteiger partial charge in [0.25, 0.3) is 0 Å². The summed E-state index contributed by atoms with van der Waals surface area (Å²) in [6, 6.07) is 5.48. The van der Waals surface area contributed by atoms with E-state index in [1.54, 1.807) is 13.2 Å². The highest BCUT2D eigenvalue weighted by molar-refractivity contribution is 5.43. The number of likely N-dealkylation sites (tertiary alicyclic amines) is 1. The summed E-state index contributed by atoms with van der Waals surface area (Å²) in [4.78, 5) is 2.30. The van der Waals surface area contributed by atoms with Gasteiger partial charge in [0, 0.05) is 19.6 Å². The summed E-state index contributed by atoms with van der Waals surface area (Å²) in [6.45, 7) is 2.30. The molecule has 1 saturated heterocycles. The average molecular weight is 280 g/mol. The van der Waals surface area contributed by atoms with E-state index in [1.807, 2.05) is 12.1 Å². The molecule has 20 heavy (non-hydrogen) atoms. The molecule has 1 unspecified atom stereocenters. The van der Waals surface area contributed by atoms with Crippen molar-refractivity contribution >= 4 is 0 Å². The van der Waals surface area contributed by atoms with Gasteiger partial charge in [-0.3, -0.25) is 0 Å². The third kappa shape index (κ3) is 3.62. The van der Waals surface area contributed by atoms with Gasteiger partial charge in [0.2, 0.25) is 0 Å². The van der Waals surface area contributed by atoms with Crippen molar-refractivity contribution in [2.75, 3.05) is 33.8 Å². The first-order valence-electron chi connectivity index (χ1n) is 7.05. The number of aliphatic hydroxyl groups excluding tert-OH is 1. The maximum atomic E-state index is 9.76. The Morgan fingerprint density at radius 3 is 2.65 bits per heavy atom. The van der Waals surface area contributed by atoms with Crippen molar-refractivity contribution in [3.8, 4) is 11.5 Å². The fourth-order valence-electron chi connectivity index (χ4n) is 2.41. The third-order valence-electron chi connectivity index (χ3n) is 3.75. The Bertz CT molecular complexity index is 431. The first-order valence-corrected chi connectivity index (χ1v) is 7.05. The minimum atomic E-state index is -0.665. The fourth-order valence-corrected chi connectivity index (χ4v) is 2.41. The van der Waals surface area contributed by atoms with Crippen LogP contribution in [0.2, 0.25) is 0 Å². The van der Waals surface area contributed by atoms with Crippen LogP contribution in [-0.4, -0.2) is 49.9 Å². The summed E-state index contributed by atoms with van der Waals surface area (Å²) in [6.07, 6.45) is 1.60. The molecule has 1 aliphatic rings. The van der Waals surface area contributed by atoms with E-state index in [9.17, 15) is 5.11 Å². The largest absolute Gasteiger partial charge is 0.493 e. The van der Waals surface area contributed by atoms with E-state index >= 15 is 0 Å². The van der Waals surface area contributed by atoms with Crippen LogP contribution >= 0.6 is 0 Å². The Morgan fingerprint density at radius 2 is 2.05 bits per heavy atom. The number of rotatable bonds is 5. The predicted octanol–water partition coefficient (Wildman–Crippen LogP) is 1.16. The van der Waals surface area contributed by atoms with Crippen LogP contribution in [0, 0.1) is 0 Å². The minimum Gasteiger partial charge on any atom is -0.493 e. The summed E-state index contributed by atoms with van der Waals surface area (Å²) in [5.74, 6) is 1.38. The molecule has 5 heteroatoms. The number of methoxy groups -OCH3 is 1. The van der Waals surface area contributed by atoms with Crippen molar-refractivity contribution in [1.29, 1.82) is 0 Å². The first kappa shape index (κ1) is 15.1. The Kier molecular flexibility index (Phi) is 5.23. The molecule has 1 aromatic rings. The maximum Gasteiger partial charge on any atom is 0.161 e. The number of aliphatic hydroxyl groups is 1. The van der Waals surface area contributed by atoms with Crippen LogP contribution in [-0.2, 0) is 0 Å². The van der Waals surface area contributed by atoms with Crippen LogP contribution in [0.25, 0.3) is 0 Å². The SMILES string of the molecule is COc1cc(C(O)CN)ccc1OC1CCN(C)CC1. The van der Waals surface area contributed by atoms with E-state index in [0.717, 1.165) is 37.2 Å². The van der Waals surface area contributed by atoms with Crippen LogP contribution in [0.4, 0.5) is 0 Å². The zero-order valence-electron chi connectivity index (χ0n) is 12.2. The van der Waals surface area contributed by atoms with Crippen molar-refractivity contribution in [3.63, 3.8) is 0 Å². The summed E-state index contributed by atoms with van der Waals surface area (Å²) >= 11 is 0. The van der Waals surface area contributed by atoms with E-state index < -0.39 is 6.10 Å². The molecule has 0 spiro atoms. The molecule has 0 amide bonds. The number of ether oxygens (including phenoxy) is 2. The molecule has 0 aliphatic carbocycles. The third-order valence-corrected chi connectivity index (χ3v) is 3.75. The molecule has 112 valence electrons. The van der Waals surface area contributed by atoms with Gasteiger partial charge in [-0.05, 0) is 37.6 Å². The molecule has 1 aromatic carbocycles. The number of piperidine rings is 1. The van der Waals surface area contributed by atoms with E-state index in [4.69, 9.17) is 15.2 Å². The van der Waals surface area contributed by atoms with E-state index in [0.29, 0.717) is 5.75 Å². The van der Waals surface area contributed by atoms with Crippen molar-refractivity contribution in [3.05, 3.63) is 23.8 Å². The number of hydrogen-bond acceptors (Lipinski definition) is 5. The molecule has 1 fully saturated rings. The van der Waals surface area contributed by atoms with Crippen LogP contribution in [0.15, 0.2) is 18.2 Å². The van der Waals surface area contributed by atoms with Crippen molar-refractivity contribution in [2.24, 2.45) is 5.73 Å². The van der Waals surface area contributed by atoms with E-state index in [2.05, 4.69) is 11.9 Å². The lowest BCUT2D eigenvalue weighted by molar-refractivity contribution is 0.111. The van der Waals surface area contributed by atoms with Gasteiger partial charge in [0.15, 0.2) is 11.5 Å². The Morgan fingerprint density at radius 1 is 1.35 bits per heavy atom. The predicted molar refractivity (Wildman–Crippen MR) is 78.2 cm³/mol. The molecule has 3 N–H and O–H groups in total. The molecule has 1 aliphatic heterocycles. The van der Waals surface area contributed by atoms with Crippen LogP contribution in [0.3, 0.4) is 0 Å². The summed E-state index contributed by atoms with van der Waals surface area (Å²) in [5.41, 5.74) is 6.22. The normalized spacial score (nSPS) is 18.8. The molecular formula is C15H24N2O3. The molecule has 1 atom stereocenters. The zero-order chi connectivity index (χ0) is 14.5. The number of hydrogen-bond donors (Lipinski definition) is 2. The van der Waals surface area contributed by atoms with Gasteiger partial charge in [-0.25, -0.2) is 0 Å². The highest BCUT2D eigenvalue weighted by Gasteiger charge is 2.20. The highest BCUT2D eigenvalue weighted by atomic mass is 16.5. The fraction of sp³-hybridized carbons (Fsp3) is 0.600. The lowest BCUT2D eigenvalue weighted by Gasteiger charge is -2.29. The summed E-state index contributed by atoms with van der Waals surface area (Å²) in [5, 5.41) is 9.76. The highest BCUT2D eigenvalue weighted by Crippen LogP contribution is 2.32. The minimum absolute atomic E-state index is 0.193. The molecule has 5 nitrogen and oxygen atoms in total. The maximum absolute atomic E-state index is 9.76. The van der Waals surface area contributed by atoms with Gasteiger partial charge < -0.3 is 25.2 Å². The monoisotopic (exact) mass is 280 g/mol. The Hall–Kier alpha value is -1.30. The van der Waals surface area contributed by atoms with E-state index in [-0.39, 0.29) is 12.6 Å². The quantitative estimate of drug-likeness (QED) is 0.847. The van der Waals surface area contributed by atoms with Gasteiger partial charge in [-0.2, -0.15) is 0 Å². The molecule has 0 radical (unpaired) electrons. The lowest BCUT2D eigenvalue weighted by Crippen LogP contribution is -2.35.